The summed E-state index contributed by atoms with van der Waals surface area (Å²) >= 11 is 1.07. The lowest BCUT2D eigenvalue weighted by Crippen LogP contribution is -2.32. The van der Waals surface area contributed by atoms with Crippen LogP contribution in [0.15, 0.2) is 59.8 Å². The molecule has 0 unspecified atom stereocenters. The third-order valence-corrected chi connectivity index (χ3v) is 4.89. The molecule has 148 valence electrons. The van der Waals surface area contributed by atoms with Gasteiger partial charge in [-0.05, 0) is 25.5 Å². The van der Waals surface area contributed by atoms with Crippen molar-refractivity contribution in [1.82, 2.24) is 5.32 Å². The van der Waals surface area contributed by atoms with Gasteiger partial charge in [-0.15, -0.1) is 0 Å². The zero-order valence-corrected chi connectivity index (χ0v) is 16.7. The average Bonchev–Trinajstić information content (AvgIpc) is 2.71. The summed E-state index contributed by atoms with van der Waals surface area (Å²) in [5.74, 6) is -0.891. The maximum absolute atomic E-state index is 12.3. The van der Waals surface area contributed by atoms with Crippen LogP contribution in [0.1, 0.15) is 36.5 Å². The van der Waals surface area contributed by atoms with E-state index in [-0.39, 0.29) is 18.3 Å². The first-order chi connectivity index (χ1) is 13.6. The summed E-state index contributed by atoms with van der Waals surface area (Å²) in [6.45, 7) is 2.64. The first-order valence-electron chi connectivity index (χ1n) is 9.27. The smallest absolute Gasteiger partial charge is 0.325 e. The van der Waals surface area contributed by atoms with Crippen LogP contribution in [0.2, 0.25) is 0 Å². The monoisotopic (exact) mass is 401 g/mol. The molecule has 7 heteroatoms. The minimum atomic E-state index is -0.492. The number of nitrogens with one attached hydrogen (secondary N) is 1. The van der Waals surface area contributed by atoms with Crippen LogP contribution in [0.4, 0.5) is 0 Å². The molecule has 0 saturated heterocycles. The highest BCUT2D eigenvalue weighted by molar-refractivity contribution is 8.13. The number of aryl methyl sites for hydroxylation is 1. The molecule has 0 atom stereocenters. The maximum atomic E-state index is 12.3. The van der Waals surface area contributed by atoms with Gasteiger partial charge in [0.1, 0.15) is 13.1 Å². The van der Waals surface area contributed by atoms with Crippen LogP contribution in [0.5, 0.6) is 0 Å². The number of carbonyl (C=O) groups is 3. The molecule has 1 N–H and O–H groups in total. The predicted molar refractivity (Wildman–Crippen MR) is 107 cm³/mol. The SMILES string of the molecule is CCOC(=O)CNC(=O)c1ccccc1SC(=O)CCCC[n+]1ccccc1. The molecule has 6 nitrogen and oxygen atoms in total. The number of benzene rings is 1. The molecule has 1 heterocycles. The number of thioether (sulfide) groups is 1. The van der Waals surface area contributed by atoms with E-state index in [2.05, 4.69) is 9.88 Å². The lowest BCUT2D eigenvalue weighted by molar-refractivity contribution is -0.697. The van der Waals surface area contributed by atoms with E-state index in [1.54, 1.807) is 31.2 Å². The minimum absolute atomic E-state index is 0.0173. The van der Waals surface area contributed by atoms with Gasteiger partial charge >= 0.3 is 5.97 Å². The van der Waals surface area contributed by atoms with Crippen molar-refractivity contribution in [3.8, 4) is 0 Å². The van der Waals surface area contributed by atoms with Gasteiger partial charge in [0, 0.05) is 29.9 Å². The second kappa shape index (κ2) is 11.9. The fraction of sp³-hybridized carbons (Fsp3) is 0.333. The van der Waals surface area contributed by atoms with E-state index in [4.69, 9.17) is 4.74 Å². The molecule has 1 amide bonds. The molecular weight excluding hydrogens is 376 g/mol. The number of ether oxygens (including phenoxy) is 1. The number of hydrogen-bond acceptors (Lipinski definition) is 5. The maximum Gasteiger partial charge on any atom is 0.325 e. The first kappa shape index (κ1) is 21.6. The van der Waals surface area contributed by atoms with Crippen LogP contribution in [-0.4, -0.2) is 30.1 Å². The van der Waals surface area contributed by atoms with E-state index in [1.165, 1.54) is 0 Å². The summed E-state index contributed by atoms with van der Waals surface area (Å²) in [5.41, 5.74) is 0.380. The van der Waals surface area contributed by atoms with Gasteiger partial charge in [-0.1, -0.05) is 30.0 Å². The van der Waals surface area contributed by atoms with Crippen molar-refractivity contribution in [3.63, 3.8) is 0 Å². The Morgan fingerprint density at radius 2 is 1.79 bits per heavy atom. The molecule has 0 bridgehead atoms. The molecule has 2 rings (SSSR count). The van der Waals surface area contributed by atoms with Gasteiger partial charge < -0.3 is 10.1 Å². The van der Waals surface area contributed by atoms with E-state index in [1.807, 2.05) is 30.6 Å². The van der Waals surface area contributed by atoms with Crippen molar-refractivity contribution in [2.24, 2.45) is 0 Å². The van der Waals surface area contributed by atoms with Crippen LogP contribution < -0.4 is 9.88 Å². The zero-order valence-electron chi connectivity index (χ0n) is 15.9. The standard InChI is InChI=1S/C21H24N2O4S/c1-2-27-19(24)16-22-21(26)17-10-4-5-11-18(17)28-20(25)12-6-9-15-23-13-7-3-8-14-23/h3-5,7-8,10-11,13-14H,2,6,9,12,15-16H2,1H3/p+1. The highest BCUT2D eigenvalue weighted by Crippen LogP contribution is 2.25. The van der Waals surface area contributed by atoms with Crippen LogP contribution in [-0.2, 0) is 20.9 Å². The molecule has 0 aliphatic carbocycles. The molecule has 0 spiro atoms. The van der Waals surface area contributed by atoms with E-state index in [9.17, 15) is 14.4 Å². The molecule has 0 aliphatic rings. The van der Waals surface area contributed by atoms with Gasteiger partial charge in [0.2, 0.25) is 0 Å². The molecule has 1 aromatic heterocycles. The number of aromatic nitrogens is 1. The molecule has 2 aromatic rings. The largest absolute Gasteiger partial charge is 0.465 e. The van der Waals surface area contributed by atoms with Gasteiger partial charge in [0.05, 0.1) is 12.2 Å². The summed E-state index contributed by atoms with van der Waals surface area (Å²) in [6.07, 6.45) is 6.13. The number of pyridine rings is 1. The Kier molecular flexibility index (Phi) is 9.21. The Morgan fingerprint density at radius 1 is 1.04 bits per heavy atom. The number of amides is 1. The van der Waals surface area contributed by atoms with Gasteiger partial charge in [0.25, 0.3) is 5.91 Å². The van der Waals surface area contributed by atoms with Crippen molar-refractivity contribution in [3.05, 3.63) is 60.4 Å². The number of hydrogen-bond donors (Lipinski definition) is 1. The Balaban J connectivity index is 1.81. The van der Waals surface area contributed by atoms with Gasteiger partial charge in [0.15, 0.2) is 17.5 Å². The summed E-state index contributed by atoms with van der Waals surface area (Å²) in [5, 5.41) is 2.54. The molecule has 0 radical (unpaired) electrons. The van der Waals surface area contributed by atoms with E-state index >= 15 is 0 Å². The molecule has 1 aromatic carbocycles. The summed E-state index contributed by atoms with van der Waals surface area (Å²) in [7, 11) is 0. The van der Waals surface area contributed by atoms with E-state index in [0.717, 1.165) is 31.1 Å². The average molecular weight is 402 g/mol. The van der Waals surface area contributed by atoms with E-state index < -0.39 is 11.9 Å². The Hall–Kier alpha value is -2.67. The van der Waals surface area contributed by atoms with Gasteiger partial charge in [-0.3, -0.25) is 14.4 Å². The van der Waals surface area contributed by atoms with Crippen molar-refractivity contribution < 1.29 is 23.7 Å². The number of carbonyl (C=O) groups excluding carboxylic acids is 3. The Labute approximate surface area is 169 Å². The number of esters is 1. The quantitative estimate of drug-likeness (QED) is 0.287. The lowest BCUT2D eigenvalue weighted by Gasteiger charge is -2.09. The van der Waals surface area contributed by atoms with Crippen LogP contribution in [0.25, 0.3) is 0 Å². The first-order valence-corrected chi connectivity index (χ1v) is 10.1. The summed E-state index contributed by atoms with van der Waals surface area (Å²) in [6, 6.07) is 12.8. The normalized spacial score (nSPS) is 10.3. The summed E-state index contributed by atoms with van der Waals surface area (Å²) in [4.78, 5) is 36.6. The van der Waals surface area contributed by atoms with Crippen molar-refractivity contribution in [2.45, 2.75) is 37.6 Å². The third-order valence-electron chi connectivity index (χ3n) is 3.88. The van der Waals surface area contributed by atoms with Gasteiger partial charge in [-0.2, -0.15) is 0 Å². The molecule has 0 saturated carbocycles. The second-order valence-electron chi connectivity index (χ2n) is 6.03. The van der Waals surface area contributed by atoms with Crippen molar-refractivity contribution in [1.29, 1.82) is 0 Å². The third kappa shape index (κ3) is 7.52. The predicted octanol–water partition coefficient (Wildman–Crippen LogP) is 2.76. The molecule has 28 heavy (non-hydrogen) atoms. The number of unbranched alkanes of at least 4 members (excludes halogenated alkanes) is 1. The van der Waals surface area contributed by atoms with Crippen LogP contribution in [0.3, 0.4) is 0 Å². The highest BCUT2D eigenvalue weighted by Gasteiger charge is 2.15. The lowest BCUT2D eigenvalue weighted by atomic mass is 10.2. The highest BCUT2D eigenvalue weighted by atomic mass is 32.2. The van der Waals surface area contributed by atoms with Gasteiger partial charge in [-0.25, -0.2) is 4.57 Å². The summed E-state index contributed by atoms with van der Waals surface area (Å²) < 4.78 is 6.88. The second-order valence-corrected chi connectivity index (χ2v) is 7.13. The zero-order chi connectivity index (χ0) is 20.2. The number of rotatable bonds is 10. The van der Waals surface area contributed by atoms with Crippen molar-refractivity contribution in [2.75, 3.05) is 13.2 Å². The molecule has 0 aliphatic heterocycles. The minimum Gasteiger partial charge on any atom is -0.465 e. The fourth-order valence-electron chi connectivity index (χ4n) is 2.52. The Morgan fingerprint density at radius 3 is 2.54 bits per heavy atom. The molecular formula is C21H25N2O4S+. The van der Waals surface area contributed by atoms with E-state index in [0.29, 0.717) is 16.9 Å². The topological polar surface area (TPSA) is 76.3 Å². The van der Waals surface area contributed by atoms with Crippen LogP contribution in [0, 0.1) is 0 Å². The Bertz CT molecular complexity index is 796. The number of nitrogens with zero attached hydrogens (tertiary/aromatic N) is 1. The molecule has 0 fully saturated rings. The fourth-order valence-corrected chi connectivity index (χ4v) is 3.43. The van der Waals surface area contributed by atoms with Crippen LogP contribution >= 0.6 is 11.8 Å². The van der Waals surface area contributed by atoms with Crippen molar-refractivity contribution >= 4 is 28.8 Å².